The second kappa shape index (κ2) is 7.02. The molecule has 0 aromatic heterocycles. The highest BCUT2D eigenvalue weighted by Gasteiger charge is 2.74. The monoisotopic (exact) mass is 440 g/mol. The topological polar surface area (TPSA) is 78.9 Å². The molecule has 2 aromatic carbocycles. The molecule has 4 aliphatic rings. The molecule has 6 nitrogen and oxygen atoms in total. The van der Waals surface area contributed by atoms with E-state index in [1.165, 1.54) is 12.1 Å². The Morgan fingerprint density at radius 3 is 2.52 bits per heavy atom. The number of aryl methyl sites for hydroxylation is 1. The van der Waals surface area contributed by atoms with Crippen LogP contribution in [-0.2, 0) is 35.2 Å². The molecule has 1 saturated carbocycles. The molecule has 1 aliphatic heterocycles. The van der Waals surface area contributed by atoms with Gasteiger partial charge in [0.25, 0.3) is 0 Å². The van der Waals surface area contributed by atoms with Crippen LogP contribution >= 0.6 is 0 Å². The van der Waals surface area contributed by atoms with Crippen LogP contribution in [0.1, 0.15) is 24.5 Å². The van der Waals surface area contributed by atoms with E-state index in [1.807, 2.05) is 44.2 Å². The van der Waals surface area contributed by atoms with E-state index >= 15 is 0 Å². The van der Waals surface area contributed by atoms with E-state index in [-0.39, 0.29) is 29.0 Å². The van der Waals surface area contributed by atoms with Crippen LogP contribution in [-0.4, -0.2) is 26.6 Å². The molecule has 1 saturated heterocycles. The van der Waals surface area contributed by atoms with Crippen LogP contribution in [0.2, 0.25) is 0 Å². The van der Waals surface area contributed by atoms with Crippen molar-refractivity contribution in [1.82, 2.24) is 0 Å². The van der Waals surface area contributed by atoms with Gasteiger partial charge in [-0.2, -0.15) is 8.42 Å². The second-order valence-electron chi connectivity index (χ2n) is 8.69. The van der Waals surface area contributed by atoms with Crippen LogP contribution in [0.5, 0.6) is 0 Å². The maximum atomic E-state index is 13.3. The van der Waals surface area contributed by atoms with Gasteiger partial charge in [0.2, 0.25) is 5.79 Å². The van der Waals surface area contributed by atoms with Gasteiger partial charge in [-0.3, -0.25) is 4.79 Å². The standard InChI is InChI=1S/C24H24O6S/c1-16-8-10-20(11-9-16)31(26,27)30-21-13-18-12-19-15-29-24(22(18)25,23(19,21)2)28-14-17-6-4-3-5-7-17/h3-11,13,18-19H,12,14-15H2,1-2H3/t18-,19-,23+,24+/m1/s1. The molecule has 1 heterocycles. The number of benzene rings is 2. The Kier molecular flexibility index (Phi) is 4.62. The van der Waals surface area contributed by atoms with Gasteiger partial charge in [-0.15, -0.1) is 0 Å². The molecule has 4 atom stereocenters. The maximum absolute atomic E-state index is 13.3. The number of ketones is 1. The highest BCUT2D eigenvalue weighted by Crippen LogP contribution is 2.63. The van der Waals surface area contributed by atoms with Gasteiger partial charge in [0.05, 0.1) is 18.6 Å². The van der Waals surface area contributed by atoms with Crippen molar-refractivity contribution in [3.63, 3.8) is 0 Å². The van der Waals surface area contributed by atoms with Crippen molar-refractivity contribution in [2.75, 3.05) is 6.61 Å². The predicted molar refractivity (Wildman–Crippen MR) is 112 cm³/mol. The molecule has 162 valence electrons. The van der Waals surface area contributed by atoms with Crippen LogP contribution in [0.3, 0.4) is 0 Å². The average Bonchev–Trinajstić information content (AvgIpc) is 2.98. The van der Waals surface area contributed by atoms with Crippen molar-refractivity contribution in [3.8, 4) is 0 Å². The third-order valence-corrected chi connectivity index (χ3v) is 8.09. The molecule has 0 amide bonds. The molecule has 4 bridgehead atoms. The fourth-order valence-corrected chi connectivity index (χ4v) is 5.99. The number of carbonyl (C=O) groups excluding carboxylic acids is 1. The summed E-state index contributed by atoms with van der Waals surface area (Å²) in [6.45, 7) is 4.20. The Labute approximate surface area is 181 Å². The zero-order chi connectivity index (χ0) is 21.9. The SMILES string of the molecule is Cc1ccc(S(=O)(=O)OC2=C[C@H]3C[C@@H]4CO[C@@](OCc5ccccc5)(C3=O)[C@]24C)cc1. The number of rotatable bonds is 6. The first-order chi connectivity index (χ1) is 14.8. The Hall–Kier alpha value is -2.48. The van der Waals surface area contributed by atoms with Crippen molar-refractivity contribution in [2.24, 2.45) is 17.3 Å². The summed E-state index contributed by atoms with van der Waals surface area (Å²) < 4.78 is 43.9. The lowest BCUT2D eigenvalue weighted by atomic mass is 9.56. The van der Waals surface area contributed by atoms with Crippen LogP contribution in [0.15, 0.2) is 71.3 Å². The number of allylic oxidation sites excluding steroid dienone is 1. The highest BCUT2D eigenvalue weighted by atomic mass is 32.2. The third-order valence-electron chi connectivity index (χ3n) is 6.85. The van der Waals surface area contributed by atoms with Crippen LogP contribution < -0.4 is 0 Å². The molecular weight excluding hydrogens is 416 g/mol. The van der Waals surface area contributed by atoms with Crippen molar-refractivity contribution >= 4 is 15.9 Å². The summed E-state index contributed by atoms with van der Waals surface area (Å²) in [6, 6.07) is 16.0. The molecule has 2 fully saturated rings. The van der Waals surface area contributed by atoms with Gasteiger partial charge in [-0.1, -0.05) is 48.0 Å². The van der Waals surface area contributed by atoms with Gasteiger partial charge >= 0.3 is 10.1 Å². The fraction of sp³-hybridized carbons (Fsp3) is 0.375. The Morgan fingerprint density at radius 1 is 1.10 bits per heavy atom. The van der Waals surface area contributed by atoms with Crippen molar-refractivity contribution in [3.05, 3.63) is 77.6 Å². The lowest BCUT2D eigenvalue weighted by Crippen LogP contribution is -2.63. The normalized spacial score (nSPS) is 31.5. The van der Waals surface area contributed by atoms with E-state index in [2.05, 4.69) is 0 Å². The van der Waals surface area contributed by atoms with Crippen LogP contribution in [0, 0.1) is 24.2 Å². The number of carbonyl (C=O) groups is 1. The zero-order valence-corrected chi connectivity index (χ0v) is 18.2. The summed E-state index contributed by atoms with van der Waals surface area (Å²) in [4.78, 5) is 13.4. The van der Waals surface area contributed by atoms with E-state index in [1.54, 1.807) is 18.2 Å². The largest absolute Gasteiger partial charge is 0.383 e. The second-order valence-corrected chi connectivity index (χ2v) is 10.2. The molecule has 31 heavy (non-hydrogen) atoms. The average molecular weight is 441 g/mol. The number of hydrogen-bond acceptors (Lipinski definition) is 6. The van der Waals surface area contributed by atoms with Crippen molar-refractivity contribution in [1.29, 1.82) is 0 Å². The lowest BCUT2D eigenvalue weighted by Gasteiger charge is -2.51. The smallest absolute Gasteiger partial charge is 0.338 e. The molecular formula is C24H24O6S. The van der Waals surface area contributed by atoms with Gasteiger partial charge in [0.1, 0.15) is 10.7 Å². The minimum absolute atomic E-state index is 0.0702. The van der Waals surface area contributed by atoms with E-state index in [4.69, 9.17) is 13.7 Å². The number of Topliss-reactive ketones (excluding diaryl/α,β-unsaturated/α-hetero) is 1. The number of ether oxygens (including phenoxy) is 2. The Morgan fingerprint density at radius 2 is 1.81 bits per heavy atom. The molecule has 0 spiro atoms. The van der Waals surface area contributed by atoms with Crippen molar-refractivity contribution in [2.45, 2.75) is 37.6 Å². The fourth-order valence-electron chi connectivity index (χ4n) is 4.96. The highest BCUT2D eigenvalue weighted by molar-refractivity contribution is 7.86. The summed E-state index contributed by atoms with van der Waals surface area (Å²) in [5, 5.41) is 0. The van der Waals surface area contributed by atoms with E-state index in [0.29, 0.717) is 13.0 Å². The van der Waals surface area contributed by atoms with E-state index in [0.717, 1.165) is 11.1 Å². The van der Waals surface area contributed by atoms with E-state index in [9.17, 15) is 13.2 Å². The van der Waals surface area contributed by atoms with Crippen LogP contribution in [0.25, 0.3) is 0 Å². The first-order valence-corrected chi connectivity index (χ1v) is 11.8. The zero-order valence-electron chi connectivity index (χ0n) is 17.4. The first kappa shape index (κ1) is 20.4. The Balaban J connectivity index is 1.49. The number of hydrogen-bond donors (Lipinski definition) is 0. The van der Waals surface area contributed by atoms with Gasteiger partial charge in [0, 0.05) is 11.8 Å². The summed E-state index contributed by atoms with van der Waals surface area (Å²) in [5.41, 5.74) is 0.832. The van der Waals surface area contributed by atoms with Gasteiger partial charge in [-0.05, 0) is 44.0 Å². The van der Waals surface area contributed by atoms with E-state index < -0.39 is 27.2 Å². The third kappa shape index (κ3) is 2.98. The molecule has 6 rings (SSSR count). The molecule has 0 radical (unpaired) electrons. The van der Waals surface area contributed by atoms with Crippen molar-refractivity contribution < 1.29 is 26.9 Å². The van der Waals surface area contributed by atoms with Gasteiger partial charge < -0.3 is 13.7 Å². The first-order valence-electron chi connectivity index (χ1n) is 10.4. The van der Waals surface area contributed by atoms with Crippen LogP contribution in [0.4, 0.5) is 0 Å². The molecule has 0 N–H and O–H groups in total. The van der Waals surface area contributed by atoms with Gasteiger partial charge in [0.15, 0.2) is 5.78 Å². The minimum Gasteiger partial charge on any atom is -0.383 e. The summed E-state index contributed by atoms with van der Waals surface area (Å²) in [7, 11) is -4.06. The summed E-state index contributed by atoms with van der Waals surface area (Å²) >= 11 is 0. The predicted octanol–water partition coefficient (Wildman–Crippen LogP) is 3.75. The molecule has 7 heteroatoms. The molecule has 3 aliphatic carbocycles. The Bertz CT molecular complexity index is 1150. The maximum Gasteiger partial charge on any atom is 0.338 e. The molecule has 0 unspecified atom stereocenters. The summed E-state index contributed by atoms with van der Waals surface area (Å²) in [5.74, 6) is -2.05. The lowest BCUT2D eigenvalue weighted by molar-refractivity contribution is -0.256. The van der Waals surface area contributed by atoms with Gasteiger partial charge in [-0.25, -0.2) is 0 Å². The molecule has 2 aromatic rings. The minimum atomic E-state index is -4.06. The quantitative estimate of drug-likeness (QED) is 0.637. The summed E-state index contributed by atoms with van der Waals surface area (Å²) in [6.07, 6.45) is 2.24.